The van der Waals surface area contributed by atoms with Crippen molar-refractivity contribution in [2.24, 2.45) is 5.41 Å². The van der Waals surface area contributed by atoms with Gasteiger partial charge in [-0.15, -0.1) is 0 Å². The number of carboxylic acids is 1. The van der Waals surface area contributed by atoms with Crippen LogP contribution >= 0.6 is 11.6 Å². The predicted molar refractivity (Wildman–Crippen MR) is 120 cm³/mol. The summed E-state index contributed by atoms with van der Waals surface area (Å²) in [4.78, 5) is 38.6. The van der Waals surface area contributed by atoms with Crippen LogP contribution in [0.25, 0.3) is 0 Å². The molecule has 1 fully saturated rings. The zero-order valence-electron chi connectivity index (χ0n) is 18.5. The van der Waals surface area contributed by atoms with Crippen LogP contribution in [0.4, 0.5) is 5.69 Å². The maximum atomic E-state index is 13.5. The van der Waals surface area contributed by atoms with Crippen LogP contribution in [0.1, 0.15) is 45.6 Å². The second kappa shape index (κ2) is 10.7. The van der Waals surface area contributed by atoms with Gasteiger partial charge in [0.05, 0.1) is 29.2 Å². The third-order valence-corrected chi connectivity index (χ3v) is 5.71. The van der Waals surface area contributed by atoms with Gasteiger partial charge in [0, 0.05) is 13.1 Å². The standard InChI is InChI=1S/C22H30ClN5O4/c1-22(2,3)19(26-12-13-6-7-16(25)15(23)9-13)21(32)28-8-4-5-17(28)20(31)27-14(11-24)10-18(29)30/h6-7,9,14,17,19,26H,4-5,8,10,12,25H2,1-3H3,(H,27,31)(H,29,30)/t14-,17-,19+/m0/s1. The molecular weight excluding hydrogens is 434 g/mol. The minimum atomic E-state index is -1.18. The summed E-state index contributed by atoms with van der Waals surface area (Å²) < 4.78 is 0. The van der Waals surface area contributed by atoms with Crippen molar-refractivity contribution in [1.29, 1.82) is 5.26 Å². The van der Waals surface area contributed by atoms with Crippen molar-refractivity contribution >= 4 is 35.1 Å². The maximum Gasteiger partial charge on any atom is 0.306 e. The molecule has 32 heavy (non-hydrogen) atoms. The number of nitrogens with two attached hydrogens (primary N) is 1. The molecule has 174 valence electrons. The van der Waals surface area contributed by atoms with Crippen molar-refractivity contribution in [3.05, 3.63) is 28.8 Å². The molecule has 1 aliphatic heterocycles. The Labute approximate surface area is 192 Å². The number of rotatable bonds is 8. The van der Waals surface area contributed by atoms with E-state index in [9.17, 15) is 14.4 Å². The minimum Gasteiger partial charge on any atom is -0.481 e. The van der Waals surface area contributed by atoms with Crippen LogP contribution in [-0.2, 0) is 20.9 Å². The third-order valence-electron chi connectivity index (χ3n) is 5.38. The molecule has 0 bridgehead atoms. The number of carbonyl (C=O) groups excluding carboxylic acids is 2. The molecule has 1 heterocycles. The summed E-state index contributed by atoms with van der Waals surface area (Å²) in [5.41, 5.74) is 6.65. The fourth-order valence-corrected chi connectivity index (χ4v) is 3.91. The fraction of sp³-hybridized carbons (Fsp3) is 0.545. The second-order valence-corrected chi connectivity index (χ2v) is 9.42. The summed E-state index contributed by atoms with van der Waals surface area (Å²) in [6.45, 7) is 6.59. The Morgan fingerprint density at radius 1 is 1.38 bits per heavy atom. The molecule has 10 heteroatoms. The molecule has 0 spiro atoms. The number of anilines is 1. The summed E-state index contributed by atoms with van der Waals surface area (Å²) in [5, 5.41) is 24.2. The number of nitriles is 1. The van der Waals surface area contributed by atoms with E-state index < -0.39 is 41.8 Å². The highest BCUT2D eigenvalue weighted by atomic mass is 35.5. The van der Waals surface area contributed by atoms with Crippen LogP contribution < -0.4 is 16.4 Å². The summed E-state index contributed by atoms with van der Waals surface area (Å²) in [7, 11) is 0. The van der Waals surface area contributed by atoms with Gasteiger partial charge < -0.3 is 26.4 Å². The number of aliphatic carboxylic acids is 1. The van der Waals surface area contributed by atoms with E-state index in [1.165, 1.54) is 4.90 Å². The average Bonchev–Trinajstić information content (AvgIpc) is 3.18. The van der Waals surface area contributed by atoms with Gasteiger partial charge in [-0.2, -0.15) is 5.26 Å². The van der Waals surface area contributed by atoms with E-state index in [-0.39, 0.29) is 5.91 Å². The van der Waals surface area contributed by atoms with Gasteiger partial charge in [0.15, 0.2) is 0 Å². The van der Waals surface area contributed by atoms with Gasteiger partial charge in [-0.05, 0) is 36.0 Å². The first kappa shape index (κ1) is 25.4. The number of nitrogens with zero attached hydrogens (tertiary/aromatic N) is 2. The molecule has 0 unspecified atom stereocenters. The van der Waals surface area contributed by atoms with Gasteiger partial charge >= 0.3 is 5.97 Å². The highest BCUT2D eigenvalue weighted by Crippen LogP contribution is 2.27. The van der Waals surface area contributed by atoms with E-state index >= 15 is 0 Å². The van der Waals surface area contributed by atoms with Crippen molar-refractivity contribution in [2.75, 3.05) is 12.3 Å². The van der Waals surface area contributed by atoms with Gasteiger partial charge in [0.1, 0.15) is 12.1 Å². The van der Waals surface area contributed by atoms with Gasteiger partial charge in [-0.25, -0.2) is 0 Å². The second-order valence-electron chi connectivity index (χ2n) is 9.01. The van der Waals surface area contributed by atoms with Gasteiger partial charge in [0.25, 0.3) is 0 Å². The largest absolute Gasteiger partial charge is 0.481 e. The number of nitrogens with one attached hydrogen (secondary N) is 2. The SMILES string of the molecule is CC(C)(C)[C@H](NCc1ccc(N)c(Cl)c1)C(=O)N1CCC[C@H]1C(=O)N[C@H](C#N)CC(=O)O. The van der Waals surface area contributed by atoms with Crippen molar-refractivity contribution in [2.45, 2.75) is 64.7 Å². The molecule has 3 atom stereocenters. The number of nitrogen functional groups attached to an aromatic ring is 1. The number of benzene rings is 1. The molecule has 2 amide bonds. The molecule has 2 rings (SSSR count). The lowest BCUT2D eigenvalue weighted by atomic mass is 9.85. The lowest BCUT2D eigenvalue weighted by molar-refractivity contribution is -0.143. The third kappa shape index (κ3) is 6.58. The first-order valence-electron chi connectivity index (χ1n) is 10.4. The average molecular weight is 464 g/mol. The van der Waals surface area contributed by atoms with E-state index in [1.54, 1.807) is 18.2 Å². The Morgan fingerprint density at radius 3 is 2.62 bits per heavy atom. The highest BCUT2D eigenvalue weighted by molar-refractivity contribution is 6.33. The van der Waals surface area contributed by atoms with Crippen LogP contribution in [0, 0.1) is 16.7 Å². The molecule has 1 aliphatic rings. The van der Waals surface area contributed by atoms with E-state index in [4.69, 9.17) is 27.7 Å². The Balaban J connectivity index is 2.13. The number of carbonyl (C=O) groups is 3. The molecule has 0 saturated carbocycles. The molecule has 1 aromatic carbocycles. The van der Waals surface area contributed by atoms with E-state index in [0.717, 1.165) is 5.56 Å². The van der Waals surface area contributed by atoms with E-state index in [1.807, 2.05) is 26.8 Å². The Bertz CT molecular complexity index is 909. The molecule has 0 radical (unpaired) electrons. The molecule has 0 aliphatic carbocycles. The molecule has 1 saturated heterocycles. The molecular formula is C22H30ClN5O4. The Kier molecular flexibility index (Phi) is 8.47. The van der Waals surface area contributed by atoms with Crippen LogP contribution in [-0.4, -0.2) is 52.5 Å². The zero-order valence-corrected chi connectivity index (χ0v) is 19.3. The number of likely N-dealkylation sites (tertiary alicyclic amines) is 1. The summed E-state index contributed by atoms with van der Waals surface area (Å²) >= 11 is 6.09. The van der Waals surface area contributed by atoms with Crippen molar-refractivity contribution in [3.63, 3.8) is 0 Å². The van der Waals surface area contributed by atoms with E-state index in [0.29, 0.717) is 36.6 Å². The monoisotopic (exact) mass is 463 g/mol. The topological polar surface area (TPSA) is 149 Å². The fourth-order valence-electron chi connectivity index (χ4n) is 3.70. The minimum absolute atomic E-state index is 0.219. The summed E-state index contributed by atoms with van der Waals surface area (Å²) in [6, 6.07) is 4.57. The zero-order chi connectivity index (χ0) is 24.1. The Morgan fingerprint density at radius 2 is 2.06 bits per heavy atom. The number of hydrogen-bond donors (Lipinski definition) is 4. The van der Waals surface area contributed by atoms with Crippen molar-refractivity contribution < 1.29 is 19.5 Å². The van der Waals surface area contributed by atoms with Gasteiger partial charge in [-0.1, -0.05) is 38.4 Å². The normalized spacial score (nSPS) is 18.0. The van der Waals surface area contributed by atoms with Gasteiger partial charge in [-0.3, -0.25) is 14.4 Å². The number of amides is 2. The summed E-state index contributed by atoms with van der Waals surface area (Å²) in [5.74, 6) is -1.92. The van der Waals surface area contributed by atoms with Crippen LogP contribution in [0.2, 0.25) is 5.02 Å². The van der Waals surface area contributed by atoms with Crippen LogP contribution in [0.5, 0.6) is 0 Å². The first-order chi connectivity index (χ1) is 14.9. The lowest BCUT2D eigenvalue weighted by Crippen LogP contribution is -2.57. The highest BCUT2D eigenvalue weighted by Gasteiger charge is 2.41. The molecule has 1 aromatic rings. The molecule has 9 nitrogen and oxygen atoms in total. The summed E-state index contributed by atoms with van der Waals surface area (Å²) in [6.07, 6.45) is 0.594. The quantitative estimate of drug-likeness (QED) is 0.430. The predicted octanol–water partition coefficient (Wildman–Crippen LogP) is 1.90. The number of hydrogen-bond acceptors (Lipinski definition) is 6. The molecule has 5 N–H and O–H groups in total. The maximum absolute atomic E-state index is 13.5. The Hall–Kier alpha value is -2.83. The molecule has 0 aromatic heterocycles. The van der Waals surface area contributed by atoms with Crippen LogP contribution in [0.15, 0.2) is 18.2 Å². The van der Waals surface area contributed by atoms with Crippen molar-refractivity contribution in [1.82, 2.24) is 15.5 Å². The van der Waals surface area contributed by atoms with Crippen molar-refractivity contribution in [3.8, 4) is 6.07 Å². The van der Waals surface area contributed by atoms with E-state index in [2.05, 4.69) is 10.6 Å². The number of halogens is 1. The number of carboxylic acid groups (broad SMARTS) is 1. The smallest absolute Gasteiger partial charge is 0.306 e. The van der Waals surface area contributed by atoms with Crippen LogP contribution in [0.3, 0.4) is 0 Å². The van der Waals surface area contributed by atoms with Gasteiger partial charge in [0.2, 0.25) is 11.8 Å². The lowest BCUT2D eigenvalue weighted by Gasteiger charge is -2.35. The first-order valence-corrected chi connectivity index (χ1v) is 10.8.